The molecule has 1 aromatic rings. The van der Waals surface area contributed by atoms with Crippen molar-refractivity contribution in [3.63, 3.8) is 0 Å². The number of aromatic nitrogens is 1. The van der Waals surface area contributed by atoms with Crippen molar-refractivity contribution in [3.8, 4) is 5.75 Å². The first-order valence-corrected chi connectivity index (χ1v) is 6.61. The largest absolute Gasteiger partial charge is 0.482 e. The summed E-state index contributed by atoms with van der Waals surface area (Å²) in [5.74, 6) is 1.40. The first-order valence-electron chi connectivity index (χ1n) is 6.61. The molecule has 0 spiro atoms. The first kappa shape index (κ1) is 19.1. The Morgan fingerprint density at radius 1 is 1.18 bits per heavy atom. The predicted octanol–water partition coefficient (Wildman–Crippen LogP) is 2.52. The molecule has 4 nitrogen and oxygen atoms in total. The standard InChI is InChI=1S/C13H16F3N3O.2ClH/c14-13(15,16)8-20-12-1-11(4-18-5-12)19-6-9-2-17-3-10(9)7-19;;/h1,4-5,9-10,17H,2-3,6-8H2;2*1H. The SMILES string of the molecule is Cl.Cl.FC(F)(F)COc1cncc(N2CC3CNCC3C2)c1. The van der Waals surface area contributed by atoms with Crippen LogP contribution in [0.25, 0.3) is 0 Å². The lowest BCUT2D eigenvalue weighted by molar-refractivity contribution is -0.153. The minimum absolute atomic E-state index is 0. The van der Waals surface area contributed by atoms with E-state index in [-0.39, 0.29) is 30.6 Å². The van der Waals surface area contributed by atoms with Crippen molar-refractivity contribution in [1.82, 2.24) is 10.3 Å². The number of pyridine rings is 1. The zero-order valence-electron chi connectivity index (χ0n) is 11.7. The van der Waals surface area contributed by atoms with Crippen LogP contribution in [0.5, 0.6) is 5.75 Å². The summed E-state index contributed by atoms with van der Waals surface area (Å²) in [6.07, 6.45) is -1.34. The average molecular weight is 360 g/mol. The van der Waals surface area contributed by atoms with E-state index in [9.17, 15) is 13.2 Å². The van der Waals surface area contributed by atoms with Crippen molar-refractivity contribution in [1.29, 1.82) is 0 Å². The fourth-order valence-electron chi connectivity index (χ4n) is 2.89. The predicted molar refractivity (Wildman–Crippen MR) is 82.3 cm³/mol. The molecule has 3 rings (SSSR count). The highest BCUT2D eigenvalue weighted by molar-refractivity contribution is 5.85. The number of ether oxygens (including phenoxy) is 1. The van der Waals surface area contributed by atoms with Crippen LogP contribution in [0, 0.1) is 11.8 Å². The molecular weight excluding hydrogens is 342 g/mol. The van der Waals surface area contributed by atoms with Crippen LogP contribution in [0.4, 0.5) is 18.9 Å². The summed E-state index contributed by atoms with van der Waals surface area (Å²) in [6.45, 7) is 2.58. The fourth-order valence-corrected chi connectivity index (χ4v) is 2.89. The van der Waals surface area contributed by atoms with Gasteiger partial charge in [-0.25, -0.2) is 0 Å². The van der Waals surface area contributed by atoms with Gasteiger partial charge in [0.2, 0.25) is 0 Å². The molecule has 0 amide bonds. The number of nitrogens with one attached hydrogen (secondary N) is 1. The second-order valence-corrected chi connectivity index (χ2v) is 5.37. The Hall–Kier alpha value is -0.920. The molecule has 0 aliphatic carbocycles. The number of rotatable bonds is 3. The normalized spacial score (nSPS) is 23.5. The Labute approximate surface area is 139 Å². The lowest BCUT2D eigenvalue weighted by Gasteiger charge is -2.20. The van der Waals surface area contributed by atoms with Gasteiger partial charge in [-0.3, -0.25) is 4.98 Å². The third-order valence-electron chi connectivity index (χ3n) is 3.86. The van der Waals surface area contributed by atoms with Gasteiger partial charge in [-0.1, -0.05) is 0 Å². The topological polar surface area (TPSA) is 37.4 Å². The molecule has 9 heteroatoms. The second-order valence-electron chi connectivity index (χ2n) is 5.37. The van der Waals surface area contributed by atoms with Gasteiger partial charge in [0.15, 0.2) is 6.61 Å². The summed E-state index contributed by atoms with van der Waals surface area (Å²) in [7, 11) is 0. The Balaban J connectivity index is 0.00000121. The highest BCUT2D eigenvalue weighted by Gasteiger charge is 2.36. The van der Waals surface area contributed by atoms with E-state index in [1.54, 1.807) is 12.3 Å². The zero-order chi connectivity index (χ0) is 14.2. The van der Waals surface area contributed by atoms with Gasteiger partial charge in [0.05, 0.1) is 18.1 Å². The summed E-state index contributed by atoms with van der Waals surface area (Å²) in [5.41, 5.74) is 0.832. The van der Waals surface area contributed by atoms with E-state index in [4.69, 9.17) is 4.74 Å². The van der Waals surface area contributed by atoms with Crippen molar-refractivity contribution in [2.24, 2.45) is 11.8 Å². The number of alkyl halides is 3. The van der Waals surface area contributed by atoms with Gasteiger partial charge < -0.3 is 15.0 Å². The van der Waals surface area contributed by atoms with Gasteiger partial charge in [-0.15, -0.1) is 24.8 Å². The van der Waals surface area contributed by atoms with Crippen LogP contribution in [0.3, 0.4) is 0 Å². The number of anilines is 1. The number of halogens is 5. The molecule has 2 unspecified atom stereocenters. The van der Waals surface area contributed by atoms with E-state index < -0.39 is 12.8 Å². The van der Waals surface area contributed by atoms with E-state index >= 15 is 0 Å². The summed E-state index contributed by atoms with van der Waals surface area (Å²) in [6, 6.07) is 1.63. The Kier molecular flexibility index (Phi) is 6.58. The van der Waals surface area contributed by atoms with Crippen LogP contribution in [0.1, 0.15) is 0 Å². The van der Waals surface area contributed by atoms with Crippen molar-refractivity contribution >= 4 is 30.5 Å². The molecule has 0 saturated carbocycles. The lowest BCUT2D eigenvalue weighted by Crippen LogP contribution is -2.25. The second kappa shape index (κ2) is 7.57. The molecule has 2 aliphatic rings. The molecular formula is C13H18Cl2F3N3O. The lowest BCUT2D eigenvalue weighted by atomic mass is 10.0. The van der Waals surface area contributed by atoms with Crippen molar-refractivity contribution in [2.75, 3.05) is 37.7 Å². The quantitative estimate of drug-likeness (QED) is 0.899. The van der Waals surface area contributed by atoms with Crippen LogP contribution in [0.2, 0.25) is 0 Å². The van der Waals surface area contributed by atoms with Gasteiger partial charge in [0, 0.05) is 32.2 Å². The monoisotopic (exact) mass is 359 g/mol. The van der Waals surface area contributed by atoms with Crippen LogP contribution in [-0.2, 0) is 0 Å². The minimum Gasteiger partial charge on any atom is -0.482 e. The van der Waals surface area contributed by atoms with Crippen molar-refractivity contribution in [3.05, 3.63) is 18.5 Å². The van der Waals surface area contributed by atoms with Gasteiger partial charge in [-0.05, 0) is 11.8 Å². The smallest absolute Gasteiger partial charge is 0.422 e. The number of nitrogens with zero attached hydrogens (tertiary/aromatic N) is 2. The van der Waals surface area contributed by atoms with E-state index in [0.29, 0.717) is 11.8 Å². The number of hydrogen-bond donors (Lipinski definition) is 1. The average Bonchev–Trinajstić information content (AvgIpc) is 2.96. The van der Waals surface area contributed by atoms with Crippen LogP contribution < -0.4 is 15.0 Å². The van der Waals surface area contributed by atoms with Crippen molar-refractivity contribution in [2.45, 2.75) is 6.18 Å². The molecule has 2 saturated heterocycles. The van der Waals surface area contributed by atoms with Crippen LogP contribution in [0.15, 0.2) is 18.5 Å². The van der Waals surface area contributed by atoms with Gasteiger partial charge in [0.25, 0.3) is 0 Å². The van der Waals surface area contributed by atoms with E-state index in [1.807, 2.05) is 0 Å². The van der Waals surface area contributed by atoms with Gasteiger partial charge in [0.1, 0.15) is 5.75 Å². The highest BCUT2D eigenvalue weighted by atomic mass is 35.5. The van der Waals surface area contributed by atoms with Crippen molar-refractivity contribution < 1.29 is 17.9 Å². The van der Waals surface area contributed by atoms with Crippen LogP contribution >= 0.6 is 24.8 Å². The minimum atomic E-state index is -4.33. The van der Waals surface area contributed by atoms with Gasteiger partial charge >= 0.3 is 6.18 Å². The number of hydrogen-bond acceptors (Lipinski definition) is 4. The van der Waals surface area contributed by atoms with Crippen LogP contribution in [-0.4, -0.2) is 43.9 Å². The van der Waals surface area contributed by atoms with E-state index in [2.05, 4.69) is 15.2 Å². The summed E-state index contributed by atoms with van der Waals surface area (Å²) in [4.78, 5) is 6.14. The molecule has 2 aliphatic heterocycles. The third kappa shape index (κ3) is 4.54. The maximum absolute atomic E-state index is 12.1. The molecule has 1 aromatic heterocycles. The molecule has 3 heterocycles. The molecule has 0 bridgehead atoms. The molecule has 22 heavy (non-hydrogen) atoms. The number of fused-ring (bicyclic) bond motifs is 1. The molecule has 0 aromatic carbocycles. The maximum Gasteiger partial charge on any atom is 0.422 e. The molecule has 126 valence electrons. The van der Waals surface area contributed by atoms with Gasteiger partial charge in [-0.2, -0.15) is 13.2 Å². The molecule has 0 radical (unpaired) electrons. The Morgan fingerprint density at radius 2 is 1.82 bits per heavy atom. The van der Waals surface area contributed by atoms with E-state index in [0.717, 1.165) is 31.9 Å². The fraction of sp³-hybridized carbons (Fsp3) is 0.615. The summed E-state index contributed by atoms with van der Waals surface area (Å²) in [5, 5.41) is 3.35. The molecule has 2 fully saturated rings. The highest BCUT2D eigenvalue weighted by Crippen LogP contribution is 2.31. The zero-order valence-corrected chi connectivity index (χ0v) is 13.3. The molecule has 1 N–H and O–H groups in total. The Morgan fingerprint density at radius 3 is 2.41 bits per heavy atom. The summed E-state index contributed by atoms with van der Waals surface area (Å²) < 4.78 is 41.1. The Bertz CT molecular complexity index is 478. The molecule has 2 atom stereocenters. The summed E-state index contributed by atoms with van der Waals surface area (Å²) >= 11 is 0. The van der Waals surface area contributed by atoms with E-state index in [1.165, 1.54) is 6.20 Å². The maximum atomic E-state index is 12.1. The third-order valence-corrected chi connectivity index (χ3v) is 3.86. The first-order chi connectivity index (χ1) is 9.51.